The number of hydrogen-bond donors (Lipinski definition) is 0. The standard InChI is InChI=1S/C22H22N4O8/c27-21-22(28)24(34-14-16-8-2-4-10-18(16)26(31)32)20-12-6-5-11-19(20)23(21)33-13-15-7-1-3-9-17(15)25(29)30/h1-4,7-10,19-20H,5-6,11-14H2. The zero-order valence-electron chi connectivity index (χ0n) is 18.1. The van der Waals surface area contributed by atoms with Gasteiger partial charge in [0.25, 0.3) is 11.4 Å². The first-order valence-electron chi connectivity index (χ1n) is 10.8. The third kappa shape index (κ3) is 4.58. The monoisotopic (exact) mass is 470 g/mol. The van der Waals surface area contributed by atoms with Crippen molar-refractivity contribution in [3.05, 3.63) is 79.9 Å². The van der Waals surface area contributed by atoms with E-state index in [0.29, 0.717) is 12.8 Å². The van der Waals surface area contributed by atoms with Crippen LogP contribution in [0.3, 0.4) is 0 Å². The average molecular weight is 470 g/mol. The lowest BCUT2D eigenvalue weighted by Crippen LogP contribution is -2.65. The molecule has 2 aromatic carbocycles. The number of amides is 2. The van der Waals surface area contributed by atoms with Crippen molar-refractivity contribution in [2.24, 2.45) is 0 Å². The summed E-state index contributed by atoms with van der Waals surface area (Å²) in [4.78, 5) is 58.6. The summed E-state index contributed by atoms with van der Waals surface area (Å²) in [7, 11) is 0. The van der Waals surface area contributed by atoms with Gasteiger partial charge in [-0.05, 0) is 25.0 Å². The maximum atomic E-state index is 12.9. The van der Waals surface area contributed by atoms with E-state index in [-0.39, 0.29) is 35.7 Å². The van der Waals surface area contributed by atoms with E-state index in [0.717, 1.165) is 23.0 Å². The van der Waals surface area contributed by atoms with E-state index in [1.165, 1.54) is 36.4 Å². The topological polar surface area (TPSA) is 145 Å². The van der Waals surface area contributed by atoms with Crippen LogP contribution in [0, 0.1) is 20.2 Å². The zero-order chi connectivity index (χ0) is 24.2. The first-order valence-corrected chi connectivity index (χ1v) is 10.8. The van der Waals surface area contributed by atoms with Gasteiger partial charge in [0.05, 0.1) is 33.1 Å². The van der Waals surface area contributed by atoms with Crippen LogP contribution in [0.1, 0.15) is 36.8 Å². The number of hydroxylamine groups is 4. The molecule has 0 radical (unpaired) electrons. The summed E-state index contributed by atoms with van der Waals surface area (Å²) in [5, 5.41) is 24.5. The summed E-state index contributed by atoms with van der Waals surface area (Å²) in [6.45, 7) is -0.507. The van der Waals surface area contributed by atoms with Crippen LogP contribution >= 0.6 is 0 Å². The summed E-state index contributed by atoms with van der Waals surface area (Å²) < 4.78 is 0. The van der Waals surface area contributed by atoms with E-state index in [1.54, 1.807) is 12.1 Å². The lowest BCUT2D eigenvalue weighted by Gasteiger charge is -2.46. The first-order chi connectivity index (χ1) is 16.4. The molecule has 0 bridgehead atoms. The predicted molar refractivity (Wildman–Crippen MR) is 116 cm³/mol. The van der Waals surface area contributed by atoms with Crippen molar-refractivity contribution in [2.45, 2.75) is 51.0 Å². The number of nitro benzene ring substituents is 2. The molecule has 1 saturated heterocycles. The molecule has 2 unspecified atom stereocenters. The van der Waals surface area contributed by atoms with E-state index in [4.69, 9.17) is 9.68 Å². The number of benzene rings is 2. The largest absolute Gasteiger partial charge is 0.338 e. The molecule has 1 aliphatic carbocycles. The molecule has 1 saturated carbocycles. The number of hydrogen-bond acceptors (Lipinski definition) is 8. The van der Waals surface area contributed by atoms with E-state index >= 15 is 0 Å². The maximum Gasteiger partial charge on any atom is 0.338 e. The molecule has 2 fully saturated rings. The van der Waals surface area contributed by atoms with Crippen molar-refractivity contribution >= 4 is 23.2 Å². The third-order valence-electron chi connectivity index (χ3n) is 5.97. The number of nitro groups is 2. The molecule has 12 heteroatoms. The molecular formula is C22H22N4O8. The van der Waals surface area contributed by atoms with Crippen molar-refractivity contribution < 1.29 is 29.1 Å². The molecular weight excluding hydrogens is 448 g/mol. The Labute approximate surface area is 193 Å². The quantitative estimate of drug-likeness (QED) is 0.325. The van der Waals surface area contributed by atoms with Gasteiger partial charge in [0, 0.05) is 12.1 Å². The SMILES string of the molecule is O=C1C(=O)N(OCc2ccccc2[N+](=O)[O-])C2CCCCC2N1OCc1ccccc1[N+](=O)[O-]. The van der Waals surface area contributed by atoms with E-state index < -0.39 is 33.7 Å². The molecule has 34 heavy (non-hydrogen) atoms. The number of fused-ring (bicyclic) bond motifs is 1. The number of para-hydroxylation sites is 2. The summed E-state index contributed by atoms with van der Waals surface area (Å²) in [5.41, 5.74) is 0.256. The van der Waals surface area contributed by atoms with Crippen LogP contribution in [0.25, 0.3) is 0 Å². The van der Waals surface area contributed by atoms with Gasteiger partial charge in [0.1, 0.15) is 13.2 Å². The Morgan fingerprint density at radius 1 is 0.735 bits per heavy atom. The normalized spacial score (nSPS) is 20.2. The van der Waals surface area contributed by atoms with Gasteiger partial charge in [-0.15, -0.1) is 0 Å². The second kappa shape index (κ2) is 9.93. The number of nitrogens with zero attached hydrogens (tertiary/aromatic N) is 4. The van der Waals surface area contributed by atoms with Gasteiger partial charge in [0.2, 0.25) is 0 Å². The molecule has 2 amide bonds. The second-order valence-electron chi connectivity index (χ2n) is 8.00. The fraction of sp³-hybridized carbons (Fsp3) is 0.364. The van der Waals surface area contributed by atoms with Gasteiger partial charge in [-0.2, -0.15) is 0 Å². The average Bonchev–Trinajstić information content (AvgIpc) is 2.84. The van der Waals surface area contributed by atoms with Crippen molar-refractivity contribution in [1.29, 1.82) is 0 Å². The van der Waals surface area contributed by atoms with Crippen LogP contribution in [0.4, 0.5) is 11.4 Å². The Bertz CT molecular complexity index is 1040. The molecule has 178 valence electrons. The summed E-state index contributed by atoms with van der Waals surface area (Å²) in [6.07, 6.45) is 2.69. The Hall–Kier alpha value is -3.90. The van der Waals surface area contributed by atoms with Gasteiger partial charge < -0.3 is 0 Å². The number of carbonyl (C=O) groups is 2. The van der Waals surface area contributed by atoms with Crippen molar-refractivity contribution in [1.82, 2.24) is 10.1 Å². The van der Waals surface area contributed by atoms with Crippen LogP contribution in [0.2, 0.25) is 0 Å². The Kier molecular flexibility index (Phi) is 6.80. The van der Waals surface area contributed by atoms with Crippen LogP contribution in [0.15, 0.2) is 48.5 Å². The minimum absolute atomic E-state index is 0.145. The minimum Gasteiger partial charge on any atom is -0.265 e. The van der Waals surface area contributed by atoms with Crippen LogP contribution in [-0.2, 0) is 32.5 Å². The smallest absolute Gasteiger partial charge is 0.265 e. The van der Waals surface area contributed by atoms with Gasteiger partial charge >= 0.3 is 11.8 Å². The lowest BCUT2D eigenvalue weighted by atomic mass is 9.88. The molecule has 1 aliphatic heterocycles. The van der Waals surface area contributed by atoms with Crippen molar-refractivity contribution in [3.8, 4) is 0 Å². The fourth-order valence-corrected chi connectivity index (χ4v) is 4.34. The van der Waals surface area contributed by atoms with Crippen LogP contribution in [0.5, 0.6) is 0 Å². The van der Waals surface area contributed by atoms with Crippen LogP contribution in [-0.4, -0.2) is 43.9 Å². The van der Waals surface area contributed by atoms with E-state index in [9.17, 15) is 29.8 Å². The zero-order valence-corrected chi connectivity index (χ0v) is 18.1. The Morgan fingerprint density at radius 2 is 1.12 bits per heavy atom. The number of piperazine rings is 1. The molecule has 4 rings (SSSR count). The molecule has 0 N–H and O–H groups in total. The molecule has 2 atom stereocenters. The van der Waals surface area contributed by atoms with Crippen molar-refractivity contribution in [2.75, 3.05) is 0 Å². The molecule has 2 aromatic rings. The Balaban J connectivity index is 1.51. The highest BCUT2D eigenvalue weighted by atomic mass is 16.7. The second-order valence-corrected chi connectivity index (χ2v) is 8.00. The summed E-state index contributed by atoms with van der Waals surface area (Å²) in [5.74, 6) is -1.91. The fourth-order valence-electron chi connectivity index (χ4n) is 4.34. The molecule has 0 aromatic heterocycles. The molecule has 0 spiro atoms. The van der Waals surface area contributed by atoms with Gasteiger partial charge in [-0.25, -0.2) is 10.1 Å². The third-order valence-corrected chi connectivity index (χ3v) is 5.97. The van der Waals surface area contributed by atoms with Crippen molar-refractivity contribution in [3.63, 3.8) is 0 Å². The summed E-state index contributed by atoms with van der Waals surface area (Å²) >= 11 is 0. The highest BCUT2D eigenvalue weighted by Crippen LogP contribution is 2.33. The highest BCUT2D eigenvalue weighted by Gasteiger charge is 2.49. The van der Waals surface area contributed by atoms with E-state index in [1.807, 2.05) is 0 Å². The van der Waals surface area contributed by atoms with E-state index in [2.05, 4.69) is 0 Å². The minimum atomic E-state index is -0.954. The predicted octanol–water partition coefficient (Wildman–Crippen LogP) is 3.05. The Morgan fingerprint density at radius 3 is 1.50 bits per heavy atom. The van der Waals surface area contributed by atoms with Gasteiger partial charge in [-0.1, -0.05) is 37.1 Å². The molecule has 2 aliphatic rings. The van der Waals surface area contributed by atoms with Crippen LogP contribution < -0.4 is 0 Å². The number of carbonyl (C=O) groups excluding carboxylic acids is 2. The first kappa shape index (κ1) is 23.3. The van der Waals surface area contributed by atoms with Gasteiger partial charge in [-0.3, -0.25) is 39.5 Å². The van der Waals surface area contributed by atoms with Gasteiger partial charge in [0.15, 0.2) is 0 Å². The molecule has 12 nitrogen and oxygen atoms in total. The molecule has 1 heterocycles. The number of rotatable bonds is 8. The highest BCUT2D eigenvalue weighted by molar-refractivity contribution is 6.35. The maximum absolute atomic E-state index is 12.9. The lowest BCUT2D eigenvalue weighted by molar-refractivity contribution is -0.386. The summed E-state index contributed by atoms with van der Waals surface area (Å²) in [6, 6.07) is 11.0.